The lowest BCUT2D eigenvalue weighted by Gasteiger charge is -2.12. The van der Waals surface area contributed by atoms with Crippen molar-refractivity contribution in [3.63, 3.8) is 0 Å². The first-order valence-electron chi connectivity index (χ1n) is 12.6. The number of halogens is 1. The van der Waals surface area contributed by atoms with Crippen LogP contribution in [0.5, 0.6) is 0 Å². The molecule has 3 N–H and O–H groups in total. The zero-order valence-corrected chi connectivity index (χ0v) is 24.3. The smallest absolute Gasteiger partial charge is 0.272 e. The fourth-order valence-electron chi connectivity index (χ4n) is 3.71. The van der Waals surface area contributed by atoms with Gasteiger partial charge in [-0.05, 0) is 72.1 Å². The van der Waals surface area contributed by atoms with Gasteiger partial charge in [0.05, 0.1) is 11.4 Å². The molecule has 0 atom stereocenters. The molecule has 0 aliphatic rings. The minimum Gasteiger partial charge on any atom is -0.321 e. The normalized spacial score (nSPS) is 11.1. The van der Waals surface area contributed by atoms with Crippen molar-refractivity contribution < 1.29 is 18.8 Å². The summed E-state index contributed by atoms with van der Waals surface area (Å²) >= 11 is 4.03. The molecule has 210 valence electrons. The van der Waals surface area contributed by atoms with Crippen LogP contribution in [0.2, 0.25) is 0 Å². The third kappa shape index (κ3) is 8.00. The van der Waals surface area contributed by atoms with Crippen LogP contribution in [-0.2, 0) is 9.59 Å². The minimum absolute atomic E-state index is 0.104. The van der Waals surface area contributed by atoms with Gasteiger partial charge in [0.15, 0.2) is 5.13 Å². The van der Waals surface area contributed by atoms with E-state index in [0.29, 0.717) is 22.1 Å². The monoisotopic (exact) mass is 614 g/mol. The van der Waals surface area contributed by atoms with Gasteiger partial charge >= 0.3 is 0 Å². The van der Waals surface area contributed by atoms with E-state index in [4.69, 9.17) is 0 Å². The van der Waals surface area contributed by atoms with Crippen LogP contribution in [0.3, 0.4) is 0 Å². The van der Waals surface area contributed by atoms with Crippen molar-refractivity contribution in [1.29, 1.82) is 0 Å². The molecule has 0 aliphatic heterocycles. The van der Waals surface area contributed by atoms with Crippen LogP contribution in [-0.4, -0.2) is 28.5 Å². The van der Waals surface area contributed by atoms with E-state index in [2.05, 4.69) is 20.9 Å². The van der Waals surface area contributed by atoms with Crippen LogP contribution in [0.4, 0.5) is 15.2 Å². The molecule has 0 spiro atoms. The third-order valence-electron chi connectivity index (χ3n) is 5.71. The molecule has 11 heteroatoms. The van der Waals surface area contributed by atoms with Gasteiger partial charge in [-0.2, -0.15) is 0 Å². The van der Waals surface area contributed by atoms with Crippen LogP contribution in [0.1, 0.15) is 15.2 Å². The Balaban J connectivity index is 1.19. The van der Waals surface area contributed by atoms with E-state index in [1.54, 1.807) is 66.1 Å². The summed E-state index contributed by atoms with van der Waals surface area (Å²) in [6, 6.07) is 25.5. The zero-order chi connectivity index (χ0) is 29.3. The highest BCUT2D eigenvalue weighted by molar-refractivity contribution is 8.00. The van der Waals surface area contributed by atoms with Crippen molar-refractivity contribution >= 4 is 69.1 Å². The lowest BCUT2D eigenvalue weighted by molar-refractivity contribution is -0.114. The van der Waals surface area contributed by atoms with Gasteiger partial charge in [-0.15, -0.1) is 34.4 Å². The largest absolute Gasteiger partial charge is 0.321 e. The zero-order valence-electron chi connectivity index (χ0n) is 21.9. The first-order valence-corrected chi connectivity index (χ1v) is 15.3. The van der Waals surface area contributed by atoms with Crippen LogP contribution in [0.25, 0.3) is 17.3 Å². The number of aromatic nitrogens is 1. The summed E-state index contributed by atoms with van der Waals surface area (Å²) in [5.74, 6) is -1.31. The number of amides is 3. The van der Waals surface area contributed by atoms with Crippen LogP contribution < -0.4 is 16.0 Å². The molecule has 5 rings (SSSR count). The molecule has 0 unspecified atom stereocenters. The molecule has 42 heavy (non-hydrogen) atoms. The van der Waals surface area contributed by atoms with Gasteiger partial charge in [0, 0.05) is 32.0 Å². The van der Waals surface area contributed by atoms with Gasteiger partial charge < -0.3 is 16.0 Å². The van der Waals surface area contributed by atoms with E-state index in [-0.39, 0.29) is 23.2 Å². The molecular formula is C31H23FN4O3S3. The van der Waals surface area contributed by atoms with Gasteiger partial charge in [0.1, 0.15) is 11.5 Å². The molecule has 3 amide bonds. The lowest BCUT2D eigenvalue weighted by atomic mass is 10.2. The number of thiazole rings is 1. The molecule has 0 bridgehead atoms. The number of rotatable bonds is 10. The number of nitrogens with one attached hydrogen (secondary N) is 3. The van der Waals surface area contributed by atoms with Gasteiger partial charge in [0.25, 0.3) is 11.8 Å². The van der Waals surface area contributed by atoms with Gasteiger partial charge in [-0.25, -0.2) is 9.37 Å². The van der Waals surface area contributed by atoms with E-state index in [9.17, 15) is 18.8 Å². The Morgan fingerprint density at radius 2 is 1.69 bits per heavy atom. The van der Waals surface area contributed by atoms with Gasteiger partial charge in [-0.3, -0.25) is 14.4 Å². The quantitative estimate of drug-likeness (QED) is 0.115. The highest BCUT2D eigenvalue weighted by Crippen LogP contribution is 2.26. The van der Waals surface area contributed by atoms with E-state index in [1.165, 1.54) is 46.6 Å². The predicted octanol–water partition coefficient (Wildman–Crippen LogP) is 7.15. The second-order valence-corrected chi connectivity index (χ2v) is 11.6. The number of hydrogen-bond donors (Lipinski definition) is 3. The SMILES string of the molecule is O=C(CSc1cccc(NC(=O)/C(=C/c2cccs2)NC(=O)c2ccccc2)c1)Nc1nc(-c2ccc(F)cc2)cs1. The maximum absolute atomic E-state index is 13.2. The molecule has 0 fully saturated rings. The average molecular weight is 615 g/mol. The Morgan fingerprint density at radius 1 is 0.881 bits per heavy atom. The van der Waals surface area contributed by atoms with Crippen molar-refractivity contribution in [3.8, 4) is 11.3 Å². The number of carbonyl (C=O) groups is 3. The third-order valence-corrected chi connectivity index (χ3v) is 8.28. The summed E-state index contributed by atoms with van der Waals surface area (Å²) in [7, 11) is 0. The summed E-state index contributed by atoms with van der Waals surface area (Å²) in [5, 5.41) is 12.5. The average Bonchev–Trinajstić information content (AvgIpc) is 3.69. The van der Waals surface area contributed by atoms with E-state index in [1.807, 2.05) is 29.6 Å². The first kappa shape index (κ1) is 28.9. The molecule has 0 saturated carbocycles. The summed E-state index contributed by atoms with van der Waals surface area (Å²) < 4.78 is 13.2. The number of nitrogens with zero attached hydrogens (tertiary/aromatic N) is 1. The summed E-state index contributed by atoms with van der Waals surface area (Å²) in [6.07, 6.45) is 1.63. The fraction of sp³-hybridized carbons (Fsp3) is 0.0323. The van der Waals surface area contributed by atoms with Crippen molar-refractivity contribution in [2.75, 3.05) is 16.4 Å². The van der Waals surface area contributed by atoms with Crippen LogP contribution in [0, 0.1) is 5.82 Å². The van der Waals surface area contributed by atoms with E-state index >= 15 is 0 Å². The number of anilines is 2. The van der Waals surface area contributed by atoms with Gasteiger partial charge in [-0.1, -0.05) is 30.3 Å². The molecule has 7 nitrogen and oxygen atoms in total. The maximum Gasteiger partial charge on any atom is 0.272 e. The maximum atomic E-state index is 13.2. The summed E-state index contributed by atoms with van der Waals surface area (Å²) in [5.41, 5.74) is 2.46. The number of thiophene rings is 1. The van der Waals surface area contributed by atoms with Crippen LogP contribution in [0.15, 0.2) is 112 Å². The minimum atomic E-state index is -0.478. The Labute approximate surface area is 253 Å². The van der Waals surface area contributed by atoms with E-state index in [0.717, 1.165) is 15.3 Å². The number of hydrogen-bond acceptors (Lipinski definition) is 7. The molecular weight excluding hydrogens is 592 g/mol. The Kier molecular flexibility index (Phi) is 9.55. The fourth-order valence-corrected chi connectivity index (χ4v) is 5.86. The highest BCUT2D eigenvalue weighted by Gasteiger charge is 2.16. The van der Waals surface area contributed by atoms with Crippen molar-refractivity contribution in [2.45, 2.75) is 4.90 Å². The topological polar surface area (TPSA) is 100 Å². The summed E-state index contributed by atoms with van der Waals surface area (Å²) in [6.45, 7) is 0. The summed E-state index contributed by atoms with van der Waals surface area (Å²) in [4.78, 5) is 44.6. The molecule has 0 aliphatic carbocycles. The van der Waals surface area contributed by atoms with Crippen LogP contribution >= 0.6 is 34.4 Å². The molecule has 2 aromatic heterocycles. The number of carbonyl (C=O) groups excluding carboxylic acids is 3. The van der Waals surface area contributed by atoms with Crippen molar-refractivity contribution in [2.24, 2.45) is 0 Å². The van der Waals surface area contributed by atoms with Crippen molar-refractivity contribution in [1.82, 2.24) is 10.3 Å². The number of benzene rings is 3. The standard InChI is InChI=1S/C31H23FN4O3S3/c32-22-13-11-20(12-14-22)27-18-42-31(35-27)36-28(37)19-41-24-9-4-8-23(16-24)33-30(39)26(17-25-10-5-15-40-25)34-29(38)21-6-2-1-3-7-21/h1-18H,19H2,(H,33,39)(H,34,38)(H,35,36,37)/b26-17-. The lowest BCUT2D eigenvalue weighted by Crippen LogP contribution is -2.30. The van der Waals surface area contributed by atoms with E-state index < -0.39 is 11.8 Å². The second-order valence-electron chi connectivity index (χ2n) is 8.76. The Bertz CT molecular complexity index is 1720. The Morgan fingerprint density at radius 3 is 2.45 bits per heavy atom. The van der Waals surface area contributed by atoms with Gasteiger partial charge in [0.2, 0.25) is 5.91 Å². The Hall–Kier alpha value is -4.58. The molecule has 2 heterocycles. The number of thioether (sulfide) groups is 1. The molecule has 5 aromatic rings. The molecule has 0 radical (unpaired) electrons. The predicted molar refractivity (Wildman–Crippen MR) is 168 cm³/mol. The first-order chi connectivity index (χ1) is 20.4. The molecule has 3 aromatic carbocycles. The second kappa shape index (κ2) is 13.9. The highest BCUT2D eigenvalue weighted by atomic mass is 32.2. The van der Waals surface area contributed by atoms with Crippen molar-refractivity contribution in [3.05, 3.63) is 124 Å². The molecule has 0 saturated heterocycles.